The van der Waals surface area contributed by atoms with Gasteiger partial charge in [-0.3, -0.25) is 9.59 Å². The Morgan fingerprint density at radius 3 is 2.57 bits per heavy atom. The summed E-state index contributed by atoms with van der Waals surface area (Å²) in [5, 5.41) is 17.2. The van der Waals surface area contributed by atoms with Crippen molar-refractivity contribution in [1.29, 1.82) is 0 Å². The van der Waals surface area contributed by atoms with Crippen molar-refractivity contribution in [1.82, 2.24) is 20.3 Å². The number of nitrogens with zero attached hydrogens (tertiary/aromatic N) is 3. The van der Waals surface area contributed by atoms with E-state index in [2.05, 4.69) is 26.3 Å². The van der Waals surface area contributed by atoms with Gasteiger partial charge in [-0.1, -0.05) is 32.1 Å². The molecule has 0 radical (unpaired) electrons. The quantitative estimate of drug-likeness (QED) is 0.752. The Kier molecular flexibility index (Phi) is 5.79. The Hall–Kier alpha value is -2.74. The molecule has 1 aromatic heterocycles. The fourth-order valence-corrected chi connectivity index (χ4v) is 2.97. The highest BCUT2D eigenvalue weighted by Gasteiger charge is 2.22. The van der Waals surface area contributed by atoms with Gasteiger partial charge in [0.2, 0.25) is 5.91 Å². The molecule has 3 rings (SSSR count). The van der Waals surface area contributed by atoms with Crippen LogP contribution in [0.3, 0.4) is 0 Å². The number of anilines is 2. The summed E-state index contributed by atoms with van der Waals surface area (Å²) in [5.41, 5.74) is 1.97. The zero-order valence-corrected chi connectivity index (χ0v) is 16.9. The Balaban J connectivity index is 1.69. The molecule has 0 atom stereocenters. The summed E-state index contributed by atoms with van der Waals surface area (Å²) in [4.78, 5) is 24.8. The largest absolute Gasteiger partial charge is 0.325 e. The summed E-state index contributed by atoms with van der Waals surface area (Å²) in [7, 11) is 0. The Labute approximate surface area is 165 Å². The third-order valence-electron chi connectivity index (χ3n) is 4.85. The van der Waals surface area contributed by atoms with Gasteiger partial charge in [0.25, 0.3) is 5.91 Å². The minimum Gasteiger partial charge on any atom is -0.325 e. The van der Waals surface area contributed by atoms with Crippen molar-refractivity contribution in [2.75, 3.05) is 23.7 Å². The smallest absolute Gasteiger partial charge is 0.277 e. The van der Waals surface area contributed by atoms with Crippen molar-refractivity contribution in [3.8, 4) is 0 Å². The van der Waals surface area contributed by atoms with Crippen LogP contribution < -0.4 is 16.0 Å². The van der Waals surface area contributed by atoms with E-state index in [4.69, 9.17) is 0 Å². The molecule has 2 aromatic rings. The maximum Gasteiger partial charge on any atom is 0.277 e. The molecular weight excluding hydrogens is 356 g/mol. The highest BCUT2D eigenvalue weighted by atomic mass is 16.2. The lowest BCUT2D eigenvalue weighted by molar-refractivity contribution is -0.123. The minimum absolute atomic E-state index is 0.0796. The standard InChI is InChI=1S/C20H28N6O2/c1-13-5-6-14(11-16(13)23-19(28)20(2,3)4)22-18(27)17-12-26(25-24-17)15-7-9-21-10-8-15/h5-6,11-12,15,21H,7-10H2,1-4H3,(H,22,27)(H,23,28). The van der Waals surface area contributed by atoms with Crippen LogP contribution in [0.5, 0.6) is 0 Å². The highest BCUT2D eigenvalue weighted by molar-refractivity contribution is 6.03. The molecule has 8 nitrogen and oxygen atoms in total. The average Bonchev–Trinajstić information content (AvgIpc) is 3.15. The number of rotatable bonds is 4. The third-order valence-corrected chi connectivity index (χ3v) is 4.85. The molecule has 0 spiro atoms. The molecule has 1 aliphatic rings. The third kappa shape index (κ3) is 4.75. The zero-order valence-electron chi connectivity index (χ0n) is 16.9. The summed E-state index contributed by atoms with van der Waals surface area (Å²) in [6.07, 6.45) is 3.64. The molecule has 2 amide bonds. The lowest BCUT2D eigenvalue weighted by Gasteiger charge is -2.22. The molecule has 1 saturated heterocycles. The maximum absolute atomic E-state index is 12.6. The van der Waals surface area contributed by atoms with Crippen LogP contribution in [0.2, 0.25) is 0 Å². The Bertz CT molecular complexity index is 862. The molecule has 3 N–H and O–H groups in total. The second kappa shape index (κ2) is 8.10. The van der Waals surface area contributed by atoms with Gasteiger partial charge in [-0.05, 0) is 50.6 Å². The van der Waals surface area contributed by atoms with E-state index in [-0.39, 0.29) is 23.6 Å². The Morgan fingerprint density at radius 2 is 1.89 bits per heavy atom. The molecule has 1 fully saturated rings. The number of carbonyl (C=O) groups excluding carboxylic acids is 2. The van der Waals surface area contributed by atoms with Gasteiger partial charge in [-0.25, -0.2) is 4.68 Å². The summed E-state index contributed by atoms with van der Waals surface area (Å²) >= 11 is 0. The van der Waals surface area contributed by atoms with E-state index >= 15 is 0 Å². The van der Waals surface area contributed by atoms with Crippen molar-refractivity contribution in [2.45, 2.75) is 46.6 Å². The fraction of sp³-hybridized carbons (Fsp3) is 0.500. The van der Waals surface area contributed by atoms with Crippen LogP contribution in [0, 0.1) is 12.3 Å². The van der Waals surface area contributed by atoms with Gasteiger partial charge in [0.15, 0.2) is 5.69 Å². The molecule has 1 aromatic carbocycles. The molecule has 0 saturated carbocycles. The first-order valence-electron chi connectivity index (χ1n) is 9.60. The second-order valence-electron chi connectivity index (χ2n) is 8.25. The first-order valence-corrected chi connectivity index (χ1v) is 9.60. The zero-order chi connectivity index (χ0) is 20.3. The van der Waals surface area contributed by atoms with E-state index in [0.29, 0.717) is 11.4 Å². The van der Waals surface area contributed by atoms with Gasteiger partial charge < -0.3 is 16.0 Å². The van der Waals surface area contributed by atoms with Gasteiger partial charge in [-0.2, -0.15) is 0 Å². The lowest BCUT2D eigenvalue weighted by atomic mass is 9.95. The van der Waals surface area contributed by atoms with E-state index in [1.165, 1.54) is 0 Å². The molecule has 0 aliphatic carbocycles. The summed E-state index contributed by atoms with van der Waals surface area (Å²) in [6.45, 7) is 9.37. The van der Waals surface area contributed by atoms with Crippen molar-refractivity contribution < 1.29 is 9.59 Å². The van der Waals surface area contributed by atoms with Crippen molar-refractivity contribution in [3.05, 3.63) is 35.7 Å². The van der Waals surface area contributed by atoms with E-state index < -0.39 is 5.41 Å². The molecule has 28 heavy (non-hydrogen) atoms. The van der Waals surface area contributed by atoms with Crippen LogP contribution in [0.25, 0.3) is 0 Å². The molecule has 8 heteroatoms. The predicted molar refractivity (Wildman–Crippen MR) is 108 cm³/mol. The number of hydrogen-bond acceptors (Lipinski definition) is 5. The van der Waals surface area contributed by atoms with Crippen LogP contribution in [0.4, 0.5) is 11.4 Å². The number of aryl methyl sites for hydroxylation is 1. The second-order valence-corrected chi connectivity index (χ2v) is 8.25. The van der Waals surface area contributed by atoms with Crippen LogP contribution in [-0.2, 0) is 4.79 Å². The van der Waals surface area contributed by atoms with E-state index in [1.807, 2.05) is 33.8 Å². The maximum atomic E-state index is 12.6. The number of benzene rings is 1. The SMILES string of the molecule is Cc1ccc(NC(=O)c2cn(C3CCNCC3)nn2)cc1NC(=O)C(C)(C)C. The first kappa shape index (κ1) is 20.0. The topological polar surface area (TPSA) is 101 Å². The fourth-order valence-electron chi connectivity index (χ4n) is 2.97. The van der Waals surface area contributed by atoms with Crippen molar-refractivity contribution in [2.24, 2.45) is 5.41 Å². The number of nitrogens with one attached hydrogen (secondary N) is 3. The molecule has 0 bridgehead atoms. The van der Waals surface area contributed by atoms with Gasteiger partial charge in [-0.15, -0.1) is 5.10 Å². The summed E-state index contributed by atoms with van der Waals surface area (Å²) < 4.78 is 1.78. The normalized spacial score (nSPS) is 15.3. The van der Waals surface area contributed by atoms with Crippen LogP contribution in [0.15, 0.2) is 24.4 Å². The lowest BCUT2D eigenvalue weighted by Crippen LogP contribution is -2.29. The van der Waals surface area contributed by atoms with Crippen molar-refractivity contribution in [3.63, 3.8) is 0 Å². The van der Waals surface area contributed by atoms with Crippen LogP contribution >= 0.6 is 0 Å². The number of aromatic nitrogens is 3. The van der Waals surface area contributed by atoms with Gasteiger partial charge >= 0.3 is 0 Å². The highest BCUT2D eigenvalue weighted by Crippen LogP contribution is 2.24. The average molecular weight is 384 g/mol. The number of carbonyl (C=O) groups is 2. The number of amides is 2. The molecule has 1 aliphatic heterocycles. The monoisotopic (exact) mass is 384 g/mol. The van der Waals surface area contributed by atoms with Gasteiger partial charge in [0.1, 0.15) is 0 Å². The van der Waals surface area contributed by atoms with Gasteiger partial charge in [0.05, 0.1) is 12.2 Å². The summed E-state index contributed by atoms with van der Waals surface area (Å²) in [6, 6.07) is 5.69. The minimum atomic E-state index is -0.501. The number of hydrogen-bond donors (Lipinski definition) is 3. The van der Waals surface area contributed by atoms with Crippen molar-refractivity contribution >= 4 is 23.2 Å². The molecular formula is C20H28N6O2. The predicted octanol–water partition coefficient (Wildman–Crippen LogP) is 2.75. The first-order chi connectivity index (χ1) is 13.2. The summed E-state index contributed by atoms with van der Waals surface area (Å²) in [5.74, 6) is -0.402. The van der Waals surface area contributed by atoms with Crippen LogP contribution in [-0.4, -0.2) is 39.9 Å². The van der Waals surface area contributed by atoms with E-state index in [9.17, 15) is 9.59 Å². The van der Waals surface area contributed by atoms with E-state index in [0.717, 1.165) is 31.5 Å². The molecule has 0 unspecified atom stereocenters. The molecule has 2 heterocycles. The molecule has 150 valence electrons. The van der Waals surface area contributed by atoms with Gasteiger partial charge in [0, 0.05) is 16.8 Å². The number of piperidine rings is 1. The van der Waals surface area contributed by atoms with Crippen LogP contribution in [0.1, 0.15) is 55.7 Å². The Morgan fingerprint density at radius 1 is 1.18 bits per heavy atom. The van der Waals surface area contributed by atoms with E-state index in [1.54, 1.807) is 23.0 Å².